The molecule has 2 aliphatic heterocycles. The number of rotatable bonds is 7. The van der Waals surface area contributed by atoms with E-state index in [1.54, 1.807) is 23.5 Å². The maximum Gasteiger partial charge on any atom is 0.243 e. The van der Waals surface area contributed by atoms with Gasteiger partial charge in [-0.25, -0.2) is 8.42 Å². The normalized spacial score (nSPS) is 20.5. The van der Waals surface area contributed by atoms with Gasteiger partial charge in [0.2, 0.25) is 10.0 Å². The highest BCUT2D eigenvalue weighted by Crippen LogP contribution is 2.21. The number of nitrogens with zero attached hydrogens (tertiary/aromatic N) is 4. The Bertz CT molecular complexity index is 857. The van der Waals surface area contributed by atoms with Crippen molar-refractivity contribution in [3.63, 3.8) is 0 Å². The third-order valence-electron chi connectivity index (χ3n) is 6.04. The number of guanidine groups is 1. The number of piperazine rings is 1. The topological polar surface area (TPSA) is 80.3 Å². The number of nitrogens with one attached hydrogen (secondary N) is 2. The molecule has 0 aliphatic carbocycles. The van der Waals surface area contributed by atoms with Crippen molar-refractivity contribution in [2.75, 3.05) is 59.9 Å². The fourth-order valence-electron chi connectivity index (χ4n) is 4.08. The van der Waals surface area contributed by atoms with Crippen molar-refractivity contribution >= 4 is 16.0 Å². The molecular weight excluding hydrogens is 412 g/mol. The summed E-state index contributed by atoms with van der Waals surface area (Å²) in [6.07, 6.45) is 4.04. The molecule has 9 heteroatoms. The van der Waals surface area contributed by atoms with Gasteiger partial charge in [0.05, 0.1) is 4.90 Å². The van der Waals surface area contributed by atoms with E-state index in [4.69, 9.17) is 0 Å². The van der Waals surface area contributed by atoms with Gasteiger partial charge >= 0.3 is 0 Å². The van der Waals surface area contributed by atoms with E-state index in [2.05, 4.69) is 32.0 Å². The maximum atomic E-state index is 13.3. The summed E-state index contributed by atoms with van der Waals surface area (Å²) >= 11 is 0. The minimum atomic E-state index is -3.52. The molecule has 0 spiro atoms. The van der Waals surface area contributed by atoms with Gasteiger partial charge in [-0.2, -0.15) is 4.31 Å². The average molecular weight is 449 g/mol. The summed E-state index contributed by atoms with van der Waals surface area (Å²) in [4.78, 5) is 9.26. The van der Waals surface area contributed by atoms with Crippen molar-refractivity contribution in [1.29, 1.82) is 0 Å². The Morgan fingerprint density at radius 3 is 2.48 bits per heavy atom. The first-order valence-corrected chi connectivity index (χ1v) is 12.4. The number of likely N-dealkylation sites (N-methyl/N-ethyl adjacent to an activating group) is 1. The molecule has 0 radical (unpaired) electrons. The Hall–Kier alpha value is -1.94. The second-order valence-electron chi connectivity index (χ2n) is 8.25. The largest absolute Gasteiger partial charge is 0.354 e. The van der Waals surface area contributed by atoms with Crippen LogP contribution in [-0.2, 0) is 16.6 Å². The van der Waals surface area contributed by atoms with Crippen LogP contribution in [0.15, 0.2) is 46.8 Å². The predicted molar refractivity (Wildman–Crippen MR) is 126 cm³/mol. The molecule has 0 atom stereocenters. The van der Waals surface area contributed by atoms with E-state index in [1.807, 2.05) is 25.3 Å². The molecule has 2 fully saturated rings. The lowest BCUT2D eigenvalue weighted by molar-refractivity contribution is 0.222. The van der Waals surface area contributed by atoms with Gasteiger partial charge in [-0.1, -0.05) is 24.3 Å². The molecule has 2 saturated heterocycles. The van der Waals surface area contributed by atoms with Crippen molar-refractivity contribution in [2.24, 2.45) is 4.99 Å². The Kier molecular flexibility index (Phi) is 8.48. The highest BCUT2D eigenvalue weighted by molar-refractivity contribution is 7.89. The van der Waals surface area contributed by atoms with E-state index in [-0.39, 0.29) is 0 Å². The third kappa shape index (κ3) is 6.29. The molecule has 31 heavy (non-hydrogen) atoms. The van der Waals surface area contributed by atoms with E-state index in [0.717, 1.165) is 51.1 Å². The van der Waals surface area contributed by atoms with E-state index < -0.39 is 10.0 Å². The quantitative estimate of drug-likeness (QED) is 0.367. The monoisotopic (exact) mass is 448 g/mol. The summed E-state index contributed by atoms with van der Waals surface area (Å²) in [5, 5.41) is 6.80. The number of aliphatic imine (C=N–C) groups is 1. The van der Waals surface area contributed by atoms with Crippen LogP contribution in [0.25, 0.3) is 0 Å². The van der Waals surface area contributed by atoms with Crippen LogP contribution in [0.1, 0.15) is 18.4 Å². The highest BCUT2D eigenvalue weighted by Gasteiger charge is 2.29. The number of likely N-dealkylation sites (tertiary alicyclic amines) is 1. The molecule has 3 rings (SSSR count). The van der Waals surface area contributed by atoms with Gasteiger partial charge in [0.15, 0.2) is 5.96 Å². The van der Waals surface area contributed by atoms with Gasteiger partial charge in [-0.05, 0) is 31.5 Å². The standard InChI is InChI=1S/C22H36N6O2S/c1-4-11-27-12-9-20(10-13-27)25-22(23-2)24-18-19-7-5-6-8-21(19)31(29,30)28-16-14-26(3)15-17-28/h4-8,20H,1,9-18H2,2-3H3,(H2,23,24,25). The molecule has 0 saturated carbocycles. The van der Waals surface area contributed by atoms with Crippen LogP contribution in [-0.4, -0.2) is 94.4 Å². The van der Waals surface area contributed by atoms with Crippen LogP contribution in [0.2, 0.25) is 0 Å². The molecule has 8 nitrogen and oxygen atoms in total. The van der Waals surface area contributed by atoms with Crippen LogP contribution in [0.3, 0.4) is 0 Å². The fraction of sp³-hybridized carbons (Fsp3) is 0.591. The zero-order valence-corrected chi connectivity index (χ0v) is 19.6. The Labute approximate surface area is 187 Å². The number of sulfonamides is 1. The molecule has 172 valence electrons. The minimum absolute atomic E-state index is 0.358. The molecule has 0 aromatic heterocycles. The highest BCUT2D eigenvalue weighted by atomic mass is 32.2. The van der Waals surface area contributed by atoms with Crippen LogP contribution >= 0.6 is 0 Å². The van der Waals surface area contributed by atoms with E-state index in [9.17, 15) is 8.42 Å². The lowest BCUT2D eigenvalue weighted by atomic mass is 10.1. The molecule has 0 bridgehead atoms. The van der Waals surface area contributed by atoms with E-state index >= 15 is 0 Å². The summed E-state index contributed by atoms with van der Waals surface area (Å²) in [5.74, 6) is 0.703. The number of benzene rings is 1. The fourth-order valence-corrected chi connectivity index (χ4v) is 5.72. The maximum absolute atomic E-state index is 13.3. The van der Waals surface area contributed by atoms with Gasteiger partial charge in [-0.3, -0.25) is 9.89 Å². The molecule has 1 aromatic carbocycles. The molecular formula is C22H36N6O2S. The van der Waals surface area contributed by atoms with Gasteiger partial charge in [0, 0.05) is 65.4 Å². The lowest BCUT2D eigenvalue weighted by Gasteiger charge is -2.32. The van der Waals surface area contributed by atoms with E-state index in [1.165, 1.54) is 0 Å². The van der Waals surface area contributed by atoms with Crippen molar-refractivity contribution in [3.05, 3.63) is 42.5 Å². The third-order valence-corrected chi connectivity index (χ3v) is 8.04. The smallest absolute Gasteiger partial charge is 0.243 e. The van der Waals surface area contributed by atoms with Crippen LogP contribution in [0.4, 0.5) is 0 Å². The Morgan fingerprint density at radius 1 is 1.16 bits per heavy atom. The molecule has 2 aliphatic rings. The lowest BCUT2D eigenvalue weighted by Crippen LogP contribution is -2.48. The molecule has 2 heterocycles. The predicted octanol–water partition coefficient (Wildman–Crippen LogP) is 0.938. The Morgan fingerprint density at radius 2 is 1.84 bits per heavy atom. The SMILES string of the molecule is C=CCN1CCC(NC(=NC)NCc2ccccc2S(=O)(=O)N2CCN(C)CC2)CC1. The molecule has 2 N–H and O–H groups in total. The van der Waals surface area contributed by atoms with Crippen LogP contribution in [0, 0.1) is 0 Å². The van der Waals surface area contributed by atoms with Crippen molar-refractivity contribution < 1.29 is 8.42 Å². The summed E-state index contributed by atoms with van der Waals surface area (Å²) in [6, 6.07) is 7.60. The summed E-state index contributed by atoms with van der Waals surface area (Å²) in [5.41, 5.74) is 0.755. The van der Waals surface area contributed by atoms with Gasteiger partial charge in [0.1, 0.15) is 0 Å². The van der Waals surface area contributed by atoms with Crippen molar-refractivity contribution in [1.82, 2.24) is 24.7 Å². The first kappa shape index (κ1) is 23.7. The average Bonchev–Trinajstić information content (AvgIpc) is 2.78. The summed E-state index contributed by atoms with van der Waals surface area (Å²) < 4.78 is 28.1. The number of piperidine rings is 1. The van der Waals surface area contributed by atoms with Crippen LogP contribution in [0.5, 0.6) is 0 Å². The first-order valence-electron chi connectivity index (χ1n) is 11.0. The molecule has 0 unspecified atom stereocenters. The van der Waals surface area contributed by atoms with Gasteiger partial charge in [0.25, 0.3) is 0 Å². The molecule has 0 amide bonds. The zero-order valence-electron chi connectivity index (χ0n) is 18.8. The van der Waals surface area contributed by atoms with Gasteiger partial charge < -0.3 is 15.5 Å². The first-order chi connectivity index (χ1) is 14.9. The Balaban J connectivity index is 1.61. The van der Waals surface area contributed by atoms with Crippen molar-refractivity contribution in [2.45, 2.75) is 30.3 Å². The summed E-state index contributed by atoms with van der Waals surface area (Å²) in [6.45, 7) is 9.76. The minimum Gasteiger partial charge on any atom is -0.354 e. The summed E-state index contributed by atoms with van der Waals surface area (Å²) in [7, 11) is 0.246. The second-order valence-corrected chi connectivity index (χ2v) is 10.2. The second kappa shape index (κ2) is 11.1. The van der Waals surface area contributed by atoms with Gasteiger partial charge in [-0.15, -0.1) is 6.58 Å². The van der Waals surface area contributed by atoms with Crippen LogP contribution < -0.4 is 10.6 Å². The van der Waals surface area contributed by atoms with Crippen molar-refractivity contribution in [3.8, 4) is 0 Å². The molecule has 1 aromatic rings. The van der Waals surface area contributed by atoms with E-state index in [0.29, 0.717) is 36.5 Å². The number of hydrogen-bond donors (Lipinski definition) is 2. The number of hydrogen-bond acceptors (Lipinski definition) is 5. The zero-order chi connectivity index (χ0) is 22.3.